The molecule has 1 aromatic rings. The number of phenolic OH excluding ortho intramolecular Hbond substituents is 1. The molecule has 1 rings (SSSR count). The van der Waals surface area contributed by atoms with Crippen molar-refractivity contribution < 1.29 is 15.0 Å². The maximum atomic E-state index is 11.1. The molecule has 2 N–H and O–H groups in total. The number of likely N-dealkylation sites (N-methyl/N-ethyl adjacent to an activating group) is 1. The van der Waals surface area contributed by atoms with Crippen molar-refractivity contribution in [2.75, 3.05) is 7.05 Å². The number of nitrogens with zero attached hydrogens (tertiary/aromatic N) is 1. The van der Waals surface area contributed by atoms with Crippen LogP contribution in [0.25, 0.3) is 0 Å². The SMILES string of the molecule is CN(Cc1ccc(O)c(Cl)c1)C(C)(C)C(=O)O. The van der Waals surface area contributed by atoms with Gasteiger partial charge in [-0.15, -0.1) is 0 Å². The van der Waals surface area contributed by atoms with Crippen LogP contribution in [-0.4, -0.2) is 33.7 Å². The van der Waals surface area contributed by atoms with Crippen molar-refractivity contribution in [1.82, 2.24) is 4.90 Å². The Morgan fingerprint density at radius 3 is 2.53 bits per heavy atom. The molecule has 0 amide bonds. The third-order valence-corrected chi connectivity index (χ3v) is 3.21. The molecule has 0 radical (unpaired) electrons. The molecule has 1 aromatic carbocycles. The highest BCUT2D eigenvalue weighted by Crippen LogP contribution is 2.25. The summed E-state index contributed by atoms with van der Waals surface area (Å²) in [6.07, 6.45) is 0. The van der Waals surface area contributed by atoms with Crippen LogP contribution in [0.5, 0.6) is 5.75 Å². The van der Waals surface area contributed by atoms with Gasteiger partial charge in [0.15, 0.2) is 0 Å². The van der Waals surface area contributed by atoms with Gasteiger partial charge < -0.3 is 10.2 Å². The van der Waals surface area contributed by atoms with Gasteiger partial charge in [-0.25, -0.2) is 0 Å². The quantitative estimate of drug-likeness (QED) is 0.869. The van der Waals surface area contributed by atoms with Crippen molar-refractivity contribution >= 4 is 17.6 Å². The molecule has 0 aromatic heterocycles. The lowest BCUT2D eigenvalue weighted by Gasteiger charge is -2.31. The van der Waals surface area contributed by atoms with Crippen molar-refractivity contribution in [2.24, 2.45) is 0 Å². The molecule has 0 fully saturated rings. The summed E-state index contributed by atoms with van der Waals surface area (Å²) in [5.74, 6) is -0.861. The summed E-state index contributed by atoms with van der Waals surface area (Å²) < 4.78 is 0. The second-order valence-electron chi connectivity index (χ2n) is 4.51. The summed E-state index contributed by atoms with van der Waals surface area (Å²) in [6.45, 7) is 3.72. The zero-order valence-electron chi connectivity index (χ0n) is 10.1. The zero-order chi connectivity index (χ0) is 13.2. The largest absolute Gasteiger partial charge is 0.506 e. The van der Waals surface area contributed by atoms with Gasteiger partial charge in [0, 0.05) is 6.54 Å². The van der Waals surface area contributed by atoms with Crippen molar-refractivity contribution in [1.29, 1.82) is 0 Å². The molecule has 0 saturated carbocycles. The molecule has 0 bridgehead atoms. The Hall–Kier alpha value is -1.26. The van der Waals surface area contributed by atoms with Gasteiger partial charge in [0.1, 0.15) is 11.3 Å². The van der Waals surface area contributed by atoms with Crippen LogP contribution < -0.4 is 0 Å². The van der Waals surface area contributed by atoms with Crippen LogP contribution in [0.1, 0.15) is 19.4 Å². The van der Waals surface area contributed by atoms with Crippen LogP contribution in [0.15, 0.2) is 18.2 Å². The molecular weight excluding hydrogens is 242 g/mol. The van der Waals surface area contributed by atoms with E-state index in [0.717, 1.165) is 5.56 Å². The smallest absolute Gasteiger partial charge is 0.323 e. The van der Waals surface area contributed by atoms with E-state index in [1.54, 1.807) is 37.9 Å². The van der Waals surface area contributed by atoms with E-state index >= 15 is 0 Å². The van der Waals surface area contributed by atoms with E-state index in [1.807, 2.05) is 0 Å². The van der Waals surface area contributed by atoms with E-state index < -0.39 is 11.5 Å². The highest BCUT2D eigenvalue weighted by atomic mass is 35.5. The second kappa shape index (κ2) is 4.94. The van der Waals surface area contributed by atoms with Crippen molar-refractivity contribution in [2.45, 2.75) is 25.9 Å². The third-order valence-electron chi connectivity index (χ3n) is 2.91. The van der Waals surface area contributed by atoms with E-state index in [1.165, 1.54) is 6.07 Å². The van der Waals surface area contributed by atoms with Crippen LogP contribution >= 0.6 is 11.6 Å². The molecule has 94 valence electrons. The van der Waals surface area contributed by atoms with Gasteiger partial charge in [-0.1, -0.05) is 17.7 Å². The number of benzene rings is 1. The Labute approximate surface area is 105 Å². The van der Waals surface area contributed by atoms with E-state index in [2.05, 4.69) is 0 Å². The fraction of sp³-hybridized carbons (Fsp3) is 0.417. The van der Waals surface area contributed by atoms with Crippen LogP contribution in [0.3, 0.4) is 0 Å². The Balaban J connectivity index is 2.84. The van der Waals surface area contributed by atoms with E-state index in [9.17, 15) is 9.90 Å². The monoisotopic (exact) mass is 257 g/mol. The minimum Gasteiger partial charge on any atom is -0.506 e. The van der Waals surface area contributed by atoms with E-state index in [0.29, 0.717) is 6.54 Å². The maximum absolute atomic E-state index is 11.1. The summed E-state index contributed by atoms with van der Waals surface area (Å²) in [4.78, 5) is 12.8. The number of carbonyl (C=O) groups is 1. The predicted molar refractivity (Wildman–Crippen MR) is 66.3 cm³/mol. The Morgan fingerprint density at radius 2 is 2.06 bits per heavy atom. The number of hydrogen-bond donors (Lipinski definition) is 2. The molecule has 0 heterocycles. The number of rotatable bonds is 4. The molecule has 0 aliphatic carbocycles. The summed E-state index contributed by atoms with van der Waals surface area (Å²) >= 11 is 5.79. The van der Waals surface area contributed by atoms with Gasteiger partial charge in [0.05, 0.1) is 5.02 Å². The first-order valence-corrected chi connectivity index (χ1v) is 5.55. The zero-order valence-corrected chi connectivity index (χ0v) is 10.8. The van der Waals surface area contributed by atoms with E-state index in [-0.39, 0.29) is 10.8 Å². The highest BCUT2D eigenvalue weighted by Gasteiger charge is 2.31. The first-order chi connectivity index (χ1) is 7.75. The lowest BCUT2D eigenvalue weighted by Crippen LogP contribution is -2.47. The Bertz CT molecular complexity index is 432. The number of aliphatic carboxylic acids is 1. The molecule has 0 aliphatic rings. The standard InChI is InChI=1S/C12H16ClNO3/c1-12(2,11(16)17)14(3)7-8-4-5-10(15)9(13)6-8/h4-6,15H,7H2,1-3H3,(H,16,17). The minimum atomic E-state index is -0.954. The lowest BCUT2D eigenvalue weighted by molar-refractivity contribution is -0.148. The van der Waals surface area contributed by atoms with Gasteiger partial charge in [-0.05, 0) is 38.6 Å². The summed E-state index contributed by atoms with van der Waals surface area (Å²) in [5, 5.41) is 18.6. The molecule has 17 heavy (non-hydrogen) atoms. The number of carboxylic acid groups (broad SMARTS) is 1. The number of hydrogen-bond acceptors (Lipinski definition) is 3. The van der Waals surface area contributed by atoms with Crippen molar-refractivity contribution in [3.05, 3.63) is 28.8 Å². The first kappa shape index (κ1) is 13.8. The fourth-order valence-corrected chi connectivity index (χ4v) is 1.49. The predicted octanol–water partition coefficient (Wildman–Crippen LogP) is 2.34. The van der Waals surface area contributed by atoms with Gasteiger partial charge in [0.2, 0.25) is 0 Å². The van der Waals surface area contributed by atoms with E-state index in [4.69, 9.17) is 16.7 Å². The van der Waals surface area contributed by atoms with Gasteiger partial charge >= 0.3 is 5.97 Å². The molecule has 5 heteroatoms. The normalized spacial score (nSPS) is 11.8. The average molecular weight is 258 g/mol. The fourth-order valence-electron chi connectivity index (χ4n) is 1.28. The minimum absolute atomic E-state index is 0.0237. The molecular formula is C12H16ClNO3. The third kappa shape index (κ3) is 3.11. The number of aromatic hydroxyl groups is 1. The van der Waals surface area contributed by atoms with Crippen LogP contribution in [-0.2, 0) is 11.3 Å². The number of phenols is 1. The highest BCUT2D eigenvalue weighted by molar-refractivity contribution is 6.32. The van der Waals surface area contributed by atoms with Crippen LogP contribution in [0, 0.1) is 0 Å². The maximum Gasteiger partial charge on any atom is 0.323 e. The summed E-state index contributed by atoms with van der Waals surface area (Å²) in [7, 11) is 1.73. The molecule has 0 saturated heterocycles. The van der Waals surface area contributed by atoms with Crippen molar-refractivity contribution in [3.63, 3.8) is 0 Å². The molecule has 0 aliphatic heterocycles. The number of carboxylic acids is 1. The average Bonchev–Trinajstić information content (AvgIpc) is 2.23. The first-order valence-electron chi connectivity index (χ1n) is 5.17. The lowest BCUT2D eigenvalue weighted by atomic mass is 10.0. The van der Waals surface area contributed by atoms with Gasteiger partial charge in [0.25, 0.3) is 0 Å². The second-order valence-corrected chi connectivity index (χ2v) is 4.91. The van der Waals surface area contributed by atoms with Crippen LogP contribution in [0.2, 0.25) is 5.02 Å². The summed E-state index contributed by atoms with van der Waals surface area (Å²) in [5.41, 5.74) is -0.103. The van der Waals surface area contributed by atoms with Gasteiger partial charge in [-0.3, -0.25) is 9.69 Å². The molecule has 0 atom stereocenters. The van der Waals surface area contributed by atoms with Crippen molar-refractivity contribution in [3.8, 4) is 5.75 Å². The molecule has 0 unspecified atom stereocenters. The summed E-state index contributed by atoms with van der Waals surface area (Å²) in [6, 6.07) is 4.85. The number of halogens is 1. The molecule has 0 spiro atoms. The Morgan fingerprint density at radius 1 is 1.47 bits per heavy atom. The van der Waals surface area contributed by atoms with Crippen LogP contribution in [0.4, 0.5) is 0 Å². The Kier molecular flexibility index (Phi) is 4.01. The topological polar surface area (TPSA) is 60.8 Å². The van der Waals surface area contributed by atoms with Gasteiger partial charge in [-0.2, -0.15) is 0 Å². The molecule has 4 nitrogen and oxygen atoms in total.